The van der Waals surface area contributed by atoms with E-state index < -0.39 is 0 Å². The number of methoxy groups -OCH3 is 1. The Kier molecular flexibility index (Phi) is 4.98. The number of pyridine rings is 2. The molecule has 0 aliphatic carbocycles. The summed E-state index contributed by atoms with van der Waals surface area (Å²) in [6.07, 6.45) is 3.26. The zero-order valence-corrected chi connectivity index (χ0v) is 15.7. The molecule has 0 saturated heterocycles. The smallest absolute Gasteiger partial charge is 0.291 e. The first kappa shape index (κ1) is 18.3. The van der Waals surface area contributed by atoms with E-state index in [1.165, 1.54) is 0 Å². The summed E-state index contributed by atoms with van der Waals surface area (Å²) in [4.78, 5) is 20.9. The third kappa shape index (κ3) is 4.11. The van der Waals surface area contributed by atoms with E-state index in [-0.39, 0.29) is 11.7 Å². The lowest BCUT2D eigenvalue weighted by atomic mass is 10.2. The largest absolute Gasteiger partial charge is 0.497 e. The number of nitrogens with two attached hydrogens (primary N) is 1. The van der Waals surface area contributed by atoms with Crippen LogP contribution < -0.4 is 21.1 Å². The Morgan fingerprint density at radius 1 is 1.14 bits per heavy atom. The van der Waals surface area contributed by atoms with Crippen LogP contribution in [0.2, 0.25) is 0 Å². The summed E-state index contributed by atoms with van der Waals surface area (Å²) in [6, 6.07) is 14.2. The third-order valence-electron chi connectivity index (χ3n) is 4.32. The first-order chi connectivity index (χ1) is 14.1. The van der Waals surface area contributed by atoms with Crippen molar-refractivity contribution in [3.8, 4) is 5.75 Å². The molecule has 0 unspecified atom stereocenters. The molecule has 3 aromatic heterocycles. The van der Waals surface area contributed by atoms with Crippen LogP contribution in [0, 0.1) is 0 Å². The van der Waals surface area contributed by atoms with Crippen LogP contribution in [-0.4, -0.2) is 23.0 Å². The van der Waals surface area contributed by atoms with E-state index in [0.29, 0.717) is 29.4 Å². The molecule has 4 N–H and O–H groups in total. The normalized spacial score (nSPS) is 10.7. The van der Waals surface area contributed by atoms with Crippen LogP contribution in [0.3, 0.4) is 0 Å². The second-order valence-electron chi connectivity index (χ2n) is 6.29. The maximum atomic E-state index is 12.6. The Hall–Kier alpha value is -4.07. The van der Waals surface area contributed by atoms with Gasteiger partial charge in [-0.3, -0.25) is 9.78 Å². The molecule has 4 aromatic rings. The zero-order valence-electron chi connectivity index (χ0n) is 15.7. The van der Waals surface area contributed by atoms with Gasteiger partial charge in [0.1, 0.15) is 17.2 Å². The van der Waals surface area contributed by atoms with E-state index in [1.807, 2.05) is 12.1 Å². The van der Waals surface area contributed by atoms with Gasteiger partial charge in [-0.2, -0.15) is 0 Å². The zero-order chi connectivity index (χ0) is 20.2. The first-order valence-electron chi connectivity index (χ1n) is 8.90. The SMILES string of the molecule is COc1ccc2oc(C(=O)Nc3ccnc(CNc4cccnc4N)c3)cc2c1. The van der Waals surface area contributed by atoms with Gasteiger partial charge in [-0.25, -0.2) is 4.98 Å². The van der Waals surface area contributed by atoms with E-state index in [4.69, 9.17) is 14.9 Å². The van der Waals surface area contributed by atoms with Crippen LogP contribution in [0.1, 0.15) is 16.2 Å². The lowest BCUT2D eigenvalue weighted by Gasteiger charge is -2.09. The highest BCUT2D eigenvalue weighted by Crippen LogP contribution is 2.25. The molecule has 0 atom stereocenters. The van der Waals surface area contributed by atoms with Gasteiger partial charge in [-0.15, -0.1) is 0 Å². The Labute approximate surface area is 166 Å². The van der Waals surface area contributed by atoms with E-state index in [9.17, 15) is 4.79 Å². The van der Waals surface area contributed by atoms with Crippen LogP contribution in [-0.2, 0) is 6.54 Å². The van der Waals surface area contributed by atoms with Crippen molar-refractivity contribution in [1.29, 1.82) is 0 Å². The van der Waals surface area contributed by atoms with Gasteiger partial charge >= 0.3 is 0 Å². The number of fused-ring (bicyclic) bond motifs is 1. The van der Waals surface area contributed by atoms with E-state index in [0.717, 1.165) is 16.8 Å². The number of anilines is 3. The number of nitrogens with zero attached hydrogens (tertiary/aromatic N) is 2. The molecule has 0 saturated carbocycles. The minimum absolute atomic E-state index is 0.216. The minimum atomic E-state index is -0.346. The molecule has 0 bridgehead atoms. The number of rotatable bonds is 6. The topological polar surface area (TPSA) is 115 Å². The summed E-state index contributed by atoms with van der Waals surface area (Å²) in [6.45, 7) is 0.435. The standard InChI is InChI=1S/C21H19N5O3/c1-28-16-4-5-18-13(9-16)10-19(29-18)21(27)26-14-6-8-23-15(11-14)12-25-17-3-2-7-24-20(17)22/h2-11,25H,12H2,1H3,(H2,22,24)(H,23,26,27). The second kappa shape index (κ2) is 7.89. The average molecular weight is 389 g/mol. The second-order valence-corrected chi connectivity index (χ2v) is 6.29. The van der Waals surface area contributed by atoms with Crippen molar-refractivity contribution < 1.29 is 13.9 Å². The quantitative estimate of drug-likeness (QED) is 0.461. The maximum absolute atomic E-state index is 12.6. The molecular weight excluding hydrogens is 370 g/mol. The summed E-state index contributed by atoms with van der Waals surface area (Å²) in [5.74, 6) is 0.985. The monoisotopic (exact) mass is 389 g/mol. The number of ether oxygens (including phenoxy) is 1. The third-order valence-corrected chi connectivity index (χ3v) is 4.32. The lowest BCUT2D eigenvalue weighted by molar-refractivity contribution is 0.0998. The number of carbonyl (C=O) groups is 1. The highest BCUT2D eigenvalue weighted by atomic mass is 16.5. The highest BCUT2D eigenvalue weighted by Gasteiger charge is 2.13. The number of hydrogen-bond donors (Lipinski definition) is 3. The predicted octanol–water partition coefficient (Wildman–Crippen LogP) is 3.68. The molecule has 0 fully saturated rings. The summed E-state index contributed by atoms with van der Waals surface area (Å²) in [5.41, 5.74) is 8.51. The number of nitrogens with one attached hydrogen (secondary N) is 2. The Morgan fingerprint density at radius 3 is 2.86 bits per heavy atom. The number of furan rings is 1. The van der Waals surface area contributed by atoms with Crippen molar-refractivity contribution in [2.24, 2.45) is 0 Å². The summed E-state index contributed by atoms with van der Waals surface area (Å²) < 4.78 is 10.8. The van der Waals surface area contributed by atoms with Crippen LogP contribution >= 0.6 is 0 Å². The predicted molar refractivity (Wildman–Crippen MR) is 111 cm³/mol. The average Bonchev–Trinajstić information content (AvgIpc) is 3.17. The molecule has 146 valence electrons. The fourth-order valence-electron chi connectivity index (χ4n) is 2.86. The Balaban J connectivity index is 1.46. The lowest BCUT2D eigenvalue weighted by Crippen LogP contribution is -2.12. The van der Waals surface area contributed by atoms with E-state index in [1.54, 1.807) is 55.9 Å². The van der Waals surface area contributed by atoms with Crippen molar-refractivity contribution in [3.63, 3.8) is 0 Å². The van der Waals surface area contributed by atoms with Gasteiger partial charge in [0.25, 0.3) is 5.91 Å². The number of hydrogen-bond acceptors (Lipinski definition) is 7. The molecule has 4 rings (SSSR count). The molecule has 3 heterocycles. The van der Waals surface area contributed by atoms with Gasteiger partial charge < -0.3 is 25.5 Å². The summed E-state index contributed by atoms with van der Waals surface area (Å²) in [5, 5.41) is 6.80. The molecular formula is C21H19N5O3. The number of carbonyl (C=O) groups excluding carboxylic acids is 1. The Bertz CT molecular complexity index is 1170. The molecule has 29 heavy (non-hydrogen) atoms. The molecule has 8 nitrogen and oxygen atoms in total. The van der Waals surface area contributed by atoms with E-state index in [2.05, 4.69) is 20.6 Å². The molecule has 0 aliphatic heterocycles. The number of amides is 1. The van der Waals surface area contributed by atoms with Crippen molar-refractivity contribution in [3.05, 3.63) is 72.4 Å². The molecule has 0 radical (unpaired) electrons. The van der Waals surface area contributed by atoms with Crippen molar-refractivity contribution in [2.45, 2.75) is 6.54 Å². The number of benzene rings is 1. The Morgan fingerprint density at radius 2 is 2.03 bits per heavy atom. The minimum Gasteiger partial charge on any atom is -0.497 e. The van der Waals surface area contributed by atoms with Crippen molar-refractivity contribution in [2.75, 3.05) is 23.5 Å². The van der Waals surface area contributed by atoms with Crippen LogP contribution in [0.4, 0.5) is 17.2 Å². The van der Waals surface area contributed by atoms with Crippen molar-refractivity contribution in [1.82, 2.24) is 9.97 Å². The molecule has 1 amide bonds. The maximum Gasteiger partial charge on any atom is 0.291 e. The van der Waals surface area contributed by atoms with Gasteiger partial charge in [-0.05, 0) is 48.5 Å². The molecule has 1 aromatic carbocycles. The number of nitrogen functional groups attached to an aromatic ring is 1. The molecule has 0 aliphatic rings. The first-order valence-corrected chi connectivity index (χ1v) is 8.90. The summed E-state index contributed by atoms with van der Waals surface area (Å²) in [7, 11) is 1.59. The molecule has 8 heteroatoms. The van der Waals surface area contributed by atoms with Gasteiger partial charge in [0.2, 0.25) is 0 Å². The number of aromatic nitrogens is 2. The van der Waals surface area contributed by atoms with Gasteiger partial charge in [0, 0.05) is 23.5 Å². The van der Waals surface area contributed by atoms with Crippen LogP contribution in [0.5, 0.6) is 5.75 Å². The van der Waals surface area contributed by atoms with E-state index >= 15 is 0 Å². The highest BCUT2D eigenvalue weighted by molar-refractivity contribution is 6.04. The fourth-order valence-corrected chi connectivity index (χ4v) is 2.86. The van der Waals surface area contributed by atoms with Gasteiger partial charge in [-0.1, -0.05) is 0 Å². The molecule has 0 spiro atoms. The van der Waals surface area contributed by atoms with Gasteiger partial charge in [0.05, 0.1) is 25.0 Å². The van der Waals surface area contributed by atoms with Crippen molar-refractivity contribution >= 4 is 34.1 Å². The summed E-state index contributed by atoms with van der Waals surface area (Å²) >= 11 is 0. The van der Waals surface area contributed by atoms with Crippen LogP contribution in [0.25, 0.3) is 11.0 Å². The van der Waals surface area contributed by atoms with Gasteiger partial charge in [0.15, 0.2) is 5.76 Å². The van der Waals surface area contributed by atoms with Crippen LogP contribution in [0.15, 0.2) is 65.3 Å². The fraction of sp³-hybridized carbons (Fsp3) is 0.0952.